The first-order valence-electron chi connectivity index (χ1n) is 5.40. The highest BCUT2D eigenvalue weighted by Gasteiger charge is 2.29. The van der Waals surface area contributed by atoms with Gasteiger partial charge in [0.1, 0.15) is 13.2 Å². The molecule has 1 rings (SSSR count). The average molecular weight is 274 g/mol. The first kappa shape index (κ1) is 14.6. The summed E-state index contributed by atoms with van der Waals surface area (Å²) in [5, 5.41) is 0. The number of alkyl halides is 4. The monoisotopic (exact) mass is 273 g/mol. The van der Waals surface area contributed by atoms with Crippen molar-refractivity contribution in [1.82, 2.24) is 4.90 Å². The molecule has 0 aromatic rings. The Morgan fingerprint density at radius 2 is 2.18 bits per heavy atom. The van der Waals surface area contributed by atoms with E-state index in [9.17, 15) is 18.0 Å². The lowest BCUT2D eigenvalue weighted by Crippen LogP contribution is -2.42. The van der Waals surface area contributed by atoms with Gasteiger partial charge in [0.2, 0.25) is 5.91 Å². The van der Waals surface area contributed by atoms with Crippen LogP contribution >= 0.6 is 11.6 Å². The number of rotatable bonds is 4. The summed E-state index contributed by atoms with van der Waals surface area (Å²) < 4.78 is 39.7. The second kappa shape index (κ2) is 6.44. The summed E-state index contributed by atoms with van der Waals surface area (Å²) in [5.74, 6) is 0.300. The Labute approximate surface area is 103 Å². The number of piperidine rings is 1. The van der Waals surface area contributed by atoms with E-state index in [-0.39, 0.29) is 5.92 Å². The number of likely N-dealkylation sites (tertiary alicyclic amines) is 1. The molecule has 1 saturated heterocycles. The van der Waals surface area contributed by atoms with Gasteiger partial charge in [-0.25, -0.2) is 0 Å². The van der Waals surface area contributed by atoms with Gasteiger partial charge in [0, 0.05) is 19.0 Å². The third kappa shape index (κ3) is 5.59. The predicted molar refractivity (Wildman–Crippen MR) is 56.9 cm³/mol. The molecule has 1 amide bonds. The highest BCUT2D eigenvalue weighted by Crippen LogP contribution is 2.18. The minimum atomic E-state index is -4.39. The molecule has 0 aromatic heterocycles. The molecular formula is C10H15ClF3NO2. The van der Waals surface area contributed by atoms with Crippen LogP contribution in [0.3, 0.4) is 0 Å². The fraction of sp³-hybridized carbons (Fsp3) is 0.900. The Kier molecular flexibility index (Phi) is 5.52. The van der Waals surface area contributed by atoms with Crippen molar-refractivity contribution in [1.29, 1.82) is 0 Å². The Bertz CT molecular complexity index is 260. The van der Waals surface area contributed by atoms with Gasteiger partial charge >= 0.3 is 6.18 Å². The van der Waals surface area contributed by atoms with Crippen molar-refractivity contribution in [2.24, 2.45) is 5.92 Å². The number of ether oxygens (including phenoxy) is 1. The Hall–Kier alpha value is -0.490. The van der Waals surface area contributed by atoms with Gasteiger partial charge < -0.3 is 9.64 Å². The largest absolute Gasteiger partial charge is 0.411 e. The van der Waals surface area contributed by atoms with Crippen molar-refractivity contribution in [3.05, 3.63) is 0 Å². The second-order valence-electron chi connectivity index (χ2n) is 4.11. The maximum Gasteiger partial charge on any atom is 0.411 e. The number of hydrogen-bond acceptors (Lipinski definition) is 2. The van der Waals surface area contributed by atoms with Crippen molar-refractivity contribution in [2.75, 3.05) is 32.2 Å². The molecule has 1 fully saturated rings. The van der Waals surface area contributed by atoms with E-state index in [1.54, 1.807) is 0 Å². The predicted octanol–water partition coefficient (Wildman–Crippen LogP) is 2.04. The quantitative estimate of drug-likeness (QED) is 0.734. The third-order valence-corrected chi connectivity index (χ3v) is 3.02. The van der Waals surface area contributed by atoms with E-state index in [1.165, 1.54) is 4.90 Å². The molecule has 1 heterocycles. The van der Waals surface area contributed by atoms with E-state index < -0.39 is 25.3 Å². The van der Waals surface area contributed by atoms with E-state index >= 15 is 0 Å². The number of nitrogens with zero attached hydrogens (tertiary/aromatic N) is 1. The zero-order valence-electron chi connectivity index (χ0n) is 9.30. The van der Waals surface area contributed by atoms with Gasteiger partial charge in [-0.3, -0.25) is 4.79 Å². The first-order chi connectivity index (χ1) is 7.92. The SMILES string of the molecule is O=C(COCC(F)(F)F)N1CCCC(CCl)C1. The summed E-state index contributed by atoms with van der Waals surface area (Å²) >= 11 is 5.70. The Balaban J connectivity index is 2.27. The molecule has 0 bridgehead atoms. The molecule has 7 heteroatoms. The zero-order chi connectivity index (χ0) is 12.9. The molecule has 1 aliphatic rings. The van der Waals surface area contributed by atoms with Crippen molar-refractivity contribution in [3.63, 3.8) is 0 Å². The van der Waals surface area contributed by atoms with Crippen molar-refractivity contribution < 1.29 is 22.7 Å². The minimum absolute atomic E-state index is 0.233. The smallest absolute Gasteiger partial charge is 0.362 e. The summed E-state index contributed by atoms with van der Waals surface area (Å²) in [7, 11) is 0. The first-order valence-corrected chi connectivity index (χ1v) is 5.94. The van der Waals surface area contributed by atoms with Crippen LogP contribution in [-0.2, 0) is 9.53 Å². The Morgan fingerprint density at radius 3 is 2.76 bits per heavy atom. The molecule has 100 valence electrons. The van der Waals surface area contributed by atoms with E-state index in [0.717, 1.165) is 12.8 Å². The maximum atomic E-state index is 11.8. The van der Waals surface area contributed by atoms with Crippen LogP contribution < -0.4 is 0 Å². The van der Waals surface area contributed by atoms with Crippen LogP contribution in [0.5, 0.6) is 0 Å². The van der Waals surface area contributed by atoms with Gasteiger partial charge in [-0.05, 0) is 18.8 Å². The average Bonchev–Trinajstić information content (AvgIpc) is 2.27. The number of hydrogen-bond donors (Lipinski definition) is 0. The summed E-state index contributed by atoms with van der Waals surface area (Å²) in [6, 6.07) is 0. The lowest BCUT2D eigenvalue weighted by atomic mass is 10.0. The lowest BCUT2D eigenvalue weighted by molar-refractivity contribution is -0.178. The summed E-state index contributed by atoms with van der Waals surface area (Å²) in [5.41, 5.74) is 0. The number of halogens is 4. The molecule has 0 spiro atoms. The summed E-state index contributed by atoms with van der Waals surface area (Å²) in [6.07, 6.45) is -2.60. The fourth-order valence-corrected chi connectivity index (χ4v) is 2.01. The van der Waals surface area contributed by atoms with Gasteiger partial charge in [0.05, 0.1) is 0 Å². The summed E-state index contributed by atoms with van der Waals surface area (Å²) in [6.45, 7) is -0.820. The maximum absolute atomic E-state index is 11.8. The van der Waals surface area contributed by atoms with Gasteiger partial charge in [0.15, 0.2) is 0 Å². The topological polar surface area (TPSA) is 29.5 Å². The molecule has 0 aliphatic carbocycles. The molecule has 0 radical (unpaired) electrons. The highest BCUT2D eigenvalue weighted by molar-refractivity contribution is 6.18. The molecule has 0 N–H and O–H groups in total. The number of amides is 1. The normalized spacial score (nSPS) is 21.6. The van der Waals surface area contributed by atoms with Crippen LogP contribution in [0.1, 0.15) is 12.8 Å². The molecule has 1 atom stereocenters. The summed E-state index contributed by atoms with van der Waals surface area (Å²) in [4.78, 5) is 13.1. The van der Waals surface area contributed by atoms with Crippen LogP contribution in [0.2, 0.25) is 0 Å². The second-order valence-corrected chi connectivity index (χ2v) is 4.42. The van der Waals surface area contributed by atoms with Crippen LogP contribution in [0.4, 0.5) is 13.2 Å². The van der Waals surface area contributed by atoms with Crippen LogP contribution in [0, 0.1) is 5.92 Å². The molecule has 1 unspecified atom stereocenters. The van der Waals surface area contributed by atoms with Crippen LogP contribution in [-0.4, -0.2) is 49.2 Å². The van der Waals surface area contributed by atoms with Crippen LogP contribution in [0.15, 0.2) is 0 Å². The van der Waals surface area contributed by atoms with Crippen molar-refractivity contribution in [2.45, 2.75) is 19.0 Å². The number of carbonyl (C=O) groups is 1. The standard InChI is InChI=1S/C10H15ClF3NO2/c11-4-8-2-1-3-15(5-8)9(16)6-17-7-10(12,13)14/h8H,1-7H2. The molecule has 1 aliphatic heterocycles. The van der Waals surface area contributed by atoms with Crippen LogP contribution in [0.25, 0.3) is 0 Å². The Morgan fingerprint density at radius 1 is 1.47 bits per heavy atom. The molecule has 17 heavy (non-hydrogen) atoms. The highest BCUT2D eigenvalue weighted by atomic mass is 35.5. The van der Waals surface area contributed by atoms with Gasteiger partial charge in [-0.15, -0.1) is 11.6 Å². The van der Waals surface area contributed by atoms with E-state index in [4.69, 9.17) is 11.6 Å². The molecule has 0 saturated carbocycles. The molecule has 0 aromatic carbocycles. The molecular weight excluding hydrogens is 259 g/mol. The molecule has 3 nitrogen and oxygen atoms in total. The van der Waals surface area contributed by atoms with Gasteiger partial charge in [-0.1, -0.05) is 0 Å². The van der Waals surface area contributed by atoms with Crippen molar-refractivity contribution in [3.8, 4) is 0 Å². The van der Waals surface area contributed by atoms with Gasteiger partial charge in [-0.2, -0.15) is 13.2 Å². The minimum Gasteiger partial charge on any atom is -0.362 e. The third-order valence-electron chi connectivity index (χ3n) is 2.58. The van der Waals surface area contributed by atoms with Crippen molar-refractivity contribution >= 4 is 17.5 Å². The number of carbonyl (C=O) groups excluding carboxylic acids is 1. The van der Waals surface area contributed by atoms with E-state index in [0.29, 0.717) is 19.0 Å². The zero-order valence-corrected chi connectivity index (χ0v) is 10.1. The van der Waals surface area contributed by atoms with E-state index in [2.05, 4.69) is 4.74 Å². The lowest BCUT2D eigenvalue weighted by Gasteiger charge is -2.31. The van der Waals surface area contributed by atoms with Gasteiger partial charge in [0.25, 0.3) is 0 Å². The van der Waals surface area contributed by atoms with E-state index in [1.807, 2.05) is 0 Å². The fourth-order valence-electron chi connectivity index (χ4n) is 1.76.